The van der Waals surface area contributed by atoms with Gasteiger partial charge in [-0.25, -0.2) is 9.50 Å². The van der Waals surface area contributed by atoms with Gasteiger partial charge in [-0.2, -0.15) is 5.10 Å². The molecule has 0 atom stereocenters. The van der Waals surface area contributed by atoms with E-state index >= 15 is 0 Å². The highest BCUT2D eigenvalue weighted by molar-refractivity contribution is 5.80. The topological polar surface area (TPSA) is 39.4 Å². The quantitative estimate of drug-likeness (QED) is 0.555. The molecule has 4 heteroatoms. The van der Waals surface area contributed by atoms with Crippen molar-refractivity contribution in [3.8, 4) is 28.3 Å². The first kappa shape index (κ1) is 14.2. The lowest BCUT2D eigenvalue weighted by atomic mass is 9.86. The summed E-state index contributed by atoms with van der Waals surface area (Å²) in [4.78, 5) is 4.92. The van der Waals surface area contributed by atoms with E-state index in [0.29, 0.717) is 0 Å². The van der Waals surface area contributed by atoms with Gasteiger partial charge in [-0.05, 0) is 36.6 Å². The number of hydrogen-bond acceptors (Lipinski definition) is 3. The highest BCUT2D eigenvalue weighted by atomic mass is 16.5. The SMILES string of the molecule is COc1ccc2c(c1)CCc1c-2nc2ccnn2c1-c1ccccc1. The molecule has 0 bridgehead atoms. The lowest BCUT2D eigenvalue weighted by Crippen LogP contribution is -2.11. The van der Waals surface area contributed by atoms with Crippen LogP contribution in [0.3, 0.4) is 0 Å². The molecule has 2 heterocycles. The normalized spacial score (nSPS) is 12.7. The summed E-state index contributed by atoms with van der Waals surface area (Å²) in [5, 5.41) is 4.52. The van der Waals surface area contributed by atoms with Gasteiger partial charge in [-0.15, -0.1) is 0 Å². The summed E-state index contributed by atoms with van der Waals surface area (Å²) < 4.78 is 7.35. The number of methoxy groups -OCH3 is 1. The second kappa shape index (κ2) is 5.45. The van der Waals surface area contributed by atoms with Crippen LogP contribution >= 0.6 is 0 Å². The van der Waals surface area contributed by atoms with E-state index in [9.17, 15) is 0 Å². The van der Waals surface area contributed by atoms with Gasteiger partial charge in [0.15, 0.2) is 5.65 Å². The van der Waals surface area contributed by atoms with E-state index in [1.54, 1.807) is 7.11 Å². The maximum absolute atomic E-state index is 5.38. The Morgan fingerprint density at radius 1 is 1.00 bits per heavy atom. The highest BCUT2D eigenvalue weighted by Crippen LogP contribution is 2.39. The fraction of sp³-hybridized carbons (Fsp3) is 0.143. The molecule has 5 rings (SSSR count). The average Bonchev–Trinajstić information content (AvgIpc) is 3.14. The minimum atomic E-state index is 0.876. The van der Waals surface area contributed by atoms with Crippen molar-refractivity contribution in [3.05, 3.63) is 71.9 Å². The van der Waals surface area contributed by atoms with Gasteiger partial charge >= 0.3 is 0 Å². The predicted molar refractivity (Wildman–Crippen MR) is 97.8 cm³/mol. The molecule has 1 aliphatic rings. The first-order valence-corrected chi connectivity index (χ1v) is 8.44. The molecule has 0 fully saturated rings. The molecule has 25 heavy (non-hydrogen) atoms. The summed E-state index contributed by atoms with van der Waals surface area (Å²) in [6, 6.07) is 18.7. The fourth-order valence-electron chi connectivity index (χ4n) is 3.72. The second-order valence-corrected chi connectivity index (χ2v) is 6.28. The molecule has 0 aliphatic heterocycles. The highest BCUT2D eigenvalue weighted by Gasteiger charge is 2.24. The van der Waals surface area contributed by atoms with E-state index in [-0.39, 0.29) is 0 Å². The monoisotopic (exact) mass is 327 g/mol. The Labute approximate surface area is 145 Å². The van der Waals surface area contributed by atoms with Crippen LogP contribution in [0, 0.1) is 0 Å². The number of aryl methyl sites for hydroxylation is 1. The van der Waals surface area contributed by atoms with Gasteiger partial charge in [-0.3, -0.25) is 0 Å². The maximum atomic E-state index is 5.38. The molecule has 0 amide bonds. The van der Waals surface area contributed by atoms with Crippen molar-refractivity contribution in [2.45, 2.75) is 12.8 Å². The molecule has 1 aliphatic carbocycles. The molecule has 0 unspecified atom stereocenters. The number of benzene rings is 2. The van der Waals surface area contributed by atoms with E-state index < -0.39 is 0 Å². The van der Waals surface area contributed by atoms with Crippen molar-refractivity contribution in [3.63, 3.8) is 0 Å². The van der Waals surface area contributed by atoms with Gasteiger partial charge in [0.25, 0.3) is 0 Å². The van der Waals surface area contributed by atoms with Gasteiger partial charge < -0.3 is 4.74 Å². The third-order valence-electron chi connectivity index (χ3n) is 4.89. The standard InChI is InChI=1S/C21H17N3O/c1-25-16-8-10-17-15(13-16)7-9-18-20(17)23-19-11-12-22-24(19)21(18)14-5-3-2-4-6-14/h2-6,8,10-13H,7,9H2,1H3. The van der Waals surface area contributed by atoms with Crippen LogP contribution < -0.4 is 4.74 Å². The number of rotatable bonds is 2. The van der Waals surface area contributed by atoms with Crippen LogP contribution in [0.25, 0.3) is 28.2 Å². The zero-order valence-corrected chi connectivity index (χ0v) is 13.9. The third kappa shape index (κ3) is 2.14. The van der Waals surface area contributed by atoms with Gasteiger partial charge in [0.2, 0.25) is 0 Å². The minimum Gasteiger partial charge on any atom is -0.497 e. The van der Waals surface area contributed by atoms with E-state index in [2.05, 4.69) is 41.5 Å². The summed E-state index contributed by atoms with van der Waals surface area (Å²) in [6.45, 7) is 0. The van der Waals surface area contributed by atoms with Crippen LogP contribution in [0.5, 0.6) is 5.75 Å². The lowest BCUT2D eigenvalue weighted by molar-refractivity contribution is 0.414. The van der Waals surface area contributed by atoms with Gasteiger partial charge in [-0.1, -0.05) is 30.3 Å². The number of aromatic nitrogens is 3. The van der Waals surface area contributed by atoms with Crippen LogP contribution in [0.2, 0.25) is 0 Å². The molecule has 4 nitrogen and oxygen atoms in total. The third-order valence-corrected chi connectivity index (χ3v) is 4.89. The van der Waals surface area contributed by atoms with Crippen molar-refractivity contribution >= 4 is 5.65 Å². The molecule has 4 aromatic rings. The summed E-state index contributed by atoms with van der Waals surface area (Å²) >= 11 is 0. The van der Waals surface area contributed by atoms with E-state index in [0.717, 1.165) is 35.6 Å². The molecule has 122 valence electrons. The van der Waals surface area contributed by atoms with Crippen LogP contribution in [0.1, 0.15) is 11.1 Å². The van der Waals surface area contributed by atoms with Gasteiger partial charge in [0, 0.05) is 22.8 Å². The zero-order chi connectivity index (χ0) is 16.8. The molecular formula is C21H17N3O. The molecule has 2 aromatic heterocycles. The lowest BCUT2D eigenvalue weighted by Gasteiger charge is -2.23. The van der Waals surface area contributed by atoms with Gasteiger partial charge in [0.05, 0.1) is 24.7 Å². The summed E-state index contributed by atoms with van der Waals surface area (Å²) in [5.41, 5.74) is 8.01. The van der Waals surface area contributed by atoms with Crippen LogP contribution in [0.15, 0.2) is 60.8 Å². The molecule has 2 aromatic carbocycles. The minimum absolute atomic E-state index is 0.876. The summed E-state index contributed by atoms with van der Waals surface area (Å²) in [7, 11) is 1.71. The van der Waals surface area contributed by atoms with Gasteiger partial charge in [0.1, 0.15) is 5.75 Å². The first-order chi connectivity index (χ1) is 12.3. The maximum Gasteiger partial charge on any atom is 0.156 e. The Hall–Kier alpha value is -3.14. The van der Waals surface area contributed by atoms with Crippen molar-refractivity contribution in [2.24, 2.45) is 0 Å². The molecule has 0 saturated carbocycles. The Morgan fingerprint density at radius 3 is 2.72 bits per heavy atom. The Balaban J connectivity index is 1.83. The molecule has 0 N–H and O–H groups in total. The second-order valence-electron chi connectivity index (χ2n) is 6.28. The zero-order valence-electron chi connectivity index (χ0n) is 13.9. The Morgan fingerprint density at radius 2 is 1.88 bits per heavy atom. The largest absolute Gasteiger partial charge is 0.497 e. The smallest absolute Gasteiger partial charge is 0.156 e. The molecule has 0 spiro atoms. The van der Waals surface area contributed by atoms with Crippen LogP contribution in [-0.2, 0) is 12.8 Å². The molecule has 0 radical (unpaired) electrons. The van der Waals surface area contributed by atoms with Crippen molar-refractivity contribution in [2.75, 3.05) is 7.11 Å². The average molecular weight is 327 g/mol. The molecular weight excluding hydrogens is 310 g/mol. The van der Waals surface area contributed by atoms with Crippen molar-refractivity contribution in [1.82, 2.24) is 14.6 Å². The van der Waals surface area contributed by atoms with E-state index in [4.69, 9.17) is 9.72 Å². The van der Waals surface area contributed by atoms with E-state index in [1.165, 1.54) is 22.3 Å². The number of hydrogen-bond donors (Lipinski definition) is 0. The molecule has 0 saturated heterocycles. The van der Waals surface area contributed by atoms with Crippen LogP contribution in [0.4, 0.5) is 0 Å². The number of ether oxygens (including phenoxy) is 1. The summed E-state index contributed by atoms with van der Waals surface area (Å²) in [6.07, 6.45) is 3.74. The van der Waals surface area contributed by atoms with Crippen molar-refractivity contribution < 1.29 is 4.74 Å². The Bertz CT molecular complexity index is 1080. The van der Waals surface area contributed by atoms with Crippen LogP contribution in [-0.4, -0.2) is 21.7 Å². The first-order valence-electron chi connectivity index (χ1n) is 8.44. The van der Waals surface area contributed by atoms with Crippen molar-refractivity contribution in [1.29, 1.82) is 0 Å². The summed E-state index contributed by atoms with van der Waals surface area (Å²) in [5.74, 6) is 0.899. The Kier molecular flexibility index (Phi) is 3.10. The number of fused-ring (bicyclic) bond motifs is 4. The predicted octanol–water partition coefficient (Wildman–Crippen LogP) is 4.17. The number of nitrogens with zero attached hydrogens (tertiary/aromatic N) is 3. The fourth-order valence-corrected chi connectivity index (χ4v) is 3.72. The van der Waals surface area contributed by atoms with E-state index in [1.807, 2.05) is 28.9 Å².